The predicted octanol–water partition coefficient (Wildman–Crippen LogP) is 3.41. The Labute approximate surface area is 169 Å². The molecule has 0 radical (unpaired) electrons. The minimum atomic E-state index is -0.520. The van der Waals surface area contributed by atoms with Crippen LogP contribution in [0.15, 0.2) is 29.6 Å². The van der Waals surface area contributed by atoms with E-state index in [-0.39, 0.29) is 17.7 Å². The number of hydrogen-bond acceptors (Lipinski definition) is 5. The molecule has 1 saturated heterocycles. The topological polar surface area (TPSA) is 71.5 Å². The number of ether oxygens (including phenoxy) is 1. The summed E-state index contributed by atoms with van der Waals surface area (Å²) in [7, 11) is 0. The van der Waals surface area contributed by atoms with E-state index in [1.165, 1.54) is 0 Å². The summed E-state index contributed by atoms with van der Waals surface area (Å²) in [5.74, 6) is 0.364. The van der Waals surface area contributed by atoms with Crippen molar-refractivity contribution in [1.29, 1.82) is 0 Å². The molecule has 0 bridgehead atoms. The third-order valence-corrected chi connectivity index (χ3v) is 5.61. The van der Waals surface area contributed by atoms with Gasteiger partial charge in [0.1, 0.15) is 18.4 Å². The second-order valence-electron chi connectivity index (χ2n) is 7.40. The number of nitrogens with zero attached hydrogens (tertiary/aromatic N) is 2. The molecule has 0 saturated carbocycles. The van der Waals surface area contributed by atoms with Crippen LogP contribution in [-0.4, -0.2) is 40.8 Å². The molecule has 0 spiro atoms. The Hall–Kier alpha value is -2.41. The lowest BCUT2D eigenvalue weighted by molar-refractivity contribution is -0.133. The number of aromatic nitrogens is 1. The average Bonchev–Trinajstić information content (AvgIpc) is 3.35. The first kappa shape index (κ1) is 20.3. The van der Waals surface area contributed by atoms with Crippen molar-refractivity contribution >= 4 is 23.2 Å². The predicted molar refractivity (Wildman–Crippen MR) is 110 cm³/mol. The van der Waals surface area contributed by atoms with Gasteiger partial charge in [0.25, 0.3) is 5.91 Å². The molecule has 1 N–H and O–H groups in total. The van der Waals surface area contributed by atoms with Gasteiger partial charge < -0.3 is 15.0 Å². The van der Waals surface area contributed by atoms with Crippen molar-refractivity contribution in [2.75, 3.05) is 13.1 Å². The highest BCUT2D eigenvalue weighted by Crippen LogP contribution is 2.18. The summed E-state index contributed by atoms with van der Waals surface area (Å²) in [6.07, 6.45) is 2.06. The first-order valence-corrected chi connectivity index (χ1v) is 10.6. The highest BCUT2D eigenvalue weighted by atomic mass is 32.1. The third-order valence-electron chi connectivity index (χ3n) is 4.79. The molecule has 0 aliphatic carbocycles. The van der Waals surface area contributed by atoms with E-state index >= 15 is 0 Å². The number of likely N-dealkylation sites (tertiary alicyclic amines) is 1. The summed E-state index contributed by atoms with van der Waals surface area (Å²) < 4.78 is 5.77. The van der Waals surface area contributed by atoms with Gasteiger partial charge >= 0.3 is 0 Å². The van der Waals surface area contributed by atoms with Crippen molar-refractivity contribution in [3.05, 3.63) is 45.9 Å². The van der Waals surface area contributed by atoms with Crippen LogP contribution < -0.4 is 10.1 Å². The molecule has 2 aromatic rings. The van der Waals surface area contributed by atoms with Crippen molar-refractivity contribution < 1.29 is 14.3 Å². The Bertz CT molecular complexity index is 828. The fourth-order valence-corrected chi connectivity index (χ4v) is 3.83. The van der Waals surface area contributed by atoms with Crippen LogP contribution in [0.2, 0.25) is 0 Å². The number of aryl methyl sites for hydroxylation is 1. The smallest absolute Gasteiger partial charge is 0.252 e. The Balaban J connectivity index is 1.64. The van der Waals surface area contributed by atoms with E-state index < -0.39 is 6.04 Å². The minimum Gasteiger partial charge on any atom is -0.487 e. The molecule has 6 nitrogen and oxygen atoms in total. The number of hydrogen-bond donors (Lipinski definition) is 1. The molecule has 1 aromatic heterocycles. The summed E-state index contributed by atoms with van der Waals surface area (Å²) >= 11 is 1.58. The lowest BCUT2D eigenvalue weighted by Crippen LogP contribution is -2.50. The molecule has 1 aliphatic heterocycles. The lowest BCUT2D eigenvalue weighted by atomic mass is 10.0. The molecule has 1 atom stereocenters. The molecule has 2 heterocycles. The summed E-state index contributed by atoms with van der Waals surface area (Å²) in [5, 5.41) is 5.87. The zero-order valence-electron chi connectivity index (χ0n) is 16.6. The Morgan fingerprint density at radius 2 is 2.04 bits per heavy atom. The number of thiazole rings is 1. The summed E-state index contributed by atoms with van der Waals surface area (Å²) in [4.78, 5) is 31.7. The number of amides is 2. The van der Waals surface area contributed by atoms with Gasteiger partial charge in [0, 0.05) is 24.0 Å². The van der Waals surface area contributed by atoms with Crippen molar-refractivity contribution in [3.8, 4) is 5.75 Å². The number of nitrogens with one attached hydrogen (secondary N) is 1. The first-order chi connectivity index (χ1) is 13.4. The maximum Gasteiger partial charge on any atom is 0.252 e. The third kappa shape index (κ3) is 5.10. The normalized spacial score (nSPS) is 14.9. The van der Waals surface area contributed by atoms with Gasteiger partial charge in [-0.05, 0) is 43.9 Å². The standard InChI is InChI=1S/C21H27N3O3S/c1-14(2)19(21(26)24-9-4-5-10-24)23-20(25)16-7-6-8-18(11-16)27-12-17-13-28-15(3)22-17/h6-8,11,13-14,19H,4-5,9-10,12H2,1-3H3,(H,23,25)/t19-/m0/s1. The molecular formula is C21H27N3O3S. The highest BCUT2D eigenvalue weighted by molar-refractivity contribution is 7.09. The first-order valence-electron chi connectivity index (χ1n) is 9.67. The fourth-order valence-electron chi connectivity index (χ4n) is 3.23. The number of carbonyl (C=O) groups excluding carboxylic acids is 2. The van der Waals surface area contributed by atoms with E-state index in [4.69, 9.17) is 4.74 Å². The van der Waals surface area contributed by atoms with Crippen molar-refractivity contribution in [3.63, 3.8) is 0 Å². The van der Waals surface area contributed by atoms with E-state index in [9.17, 15) is 9.59 Å². The van der Waals surface area contributed by atoms with Gasteiger partial charge in [-0.3, -0.25) is 9.59 Å². The monoisotopic (exact) mass is 401 g/mol. The second-order valence-corrected chi connectivity index (χ2v) is 8.46. The zero-order valence-corrected chi connectivity index (χ0v) is 17.4. The van der Waals surface area contributed by atoms with Crippen LogP contribution in [0.3, 0.4) is 0 Å². The van der Waals surface area contributed by atoms with E-state index in [2.05, 4.69) is 10.3 Å². The summed E-state index contributed by atoms with van der Waals surface area (Å²) in [6, 6.07) is 6.50. The van der Waals surface area contributed by atoms with Crippen LogP contribution in [0.5, 0.6) is 5.75 Å². The molecule has 1 fully saturated rings. The van der Waals surface area contributed by atoms with E-state index in [0.717, 1.165) is 36.6 Å². The molecule has 2 amide bonds. The Morgan fingerprint density at radius 1 is 1.29 bits per heavy atom. The van der Waals surface area contributed by atoms with Crippen molar-refractivity contribution in [2.45, 2.75) is 46.3 Å². The molecule has 3 rings (SSSR count). The van der Waals surface area contributed by atoms with E-state index in [0.29, 0.717) is 17.9 Å². The molecule has 1 aromatic carbocycles. The number of rotatable bonds is 7. The van der Waals surface area contributed by atoms with Gasteiger partial charge in [0.15, 0.2) is 0 Å². The molecule has 28 heavy (non-hydrogen) atoms. The highest BCUT2D eigenvalue weighted by Gasteiger charge is 2.30. The SMILES string of the molecule is Cc1nc(COc2cccc(C(=O)N[C@H](C(=O)N3CCCC3)C(C)C)c2)cs1. The van der Waals surface area contributed by atoms with Gasteiger partial charge in [0.2, 0.25) is 5.91 Å². The van der Waals surface area contributed by atoms with Crippen LogP contribution >= 0.6 is 11.3 Å². The molecule has 0 unspecified atom stereocenters. The van der Waals surface area contributed by atoms with Crippen LogP contribution in [0.1, 0.15) is 47.7 Å². The van der Waals surface area contributed by atoms with Crippen molar-refractivity contribution in [1.82, 2.24) is 15.2 Å². The van der Waals surface area contributed by atoms with E-state index in [1.54, 1.807) is 29.5 Å². The Morgan fingerprint density at radius 3 is 2.68 bits per heavy atom. The van der Waals surface area contributed by atoms with Gasteiger partial charge in [0.05, 0.1) is 10.7 Å². The van der Waals surface area contributed by atoms with Crippen LogP contribution in [0.25, 0.3) is 0 Å². The maximum absolute atomic E-state index is 12.8. The molecular weight excluding hydrogens is 374 g/mol. The van der Waals surface area contributed by atoms with Crippen LogP contribution in [0.4, 0.5) is 0 Å². The fraction of sp³-hybridized carbons (Fsp3) is 0.476. The van der Waals surface area contributed by atoms with Gasteiger partial charge in [-0.15, -0.1) is 11.3 Å². The maximum atomic E-state index is 12.8. The second kappa shape index (κ2) is 9.19. The lowest BCUT2D eigenvalue weighted by Gasteiger charge is -2.26. The van der Waals surface area contributed by atoms with Crippen LogP contribution in [-0.2, 0) is 11.4 Å². The zero-order chi connectivity index (χ0) is 20.1. The van der Waals surface area contributed by atoms with Gasteiger partial charge in [-0.25, -0.2) is 4.98 Å². The van der Waals surface area contributed by atoms with Gasteiger partial charge in [-0.1, -0.05) is 19.9 Å². The summed E-state index contributed by atoms with van der Waals surface area (Å²) in [5.41, 5.74) is 1.35. The Kier molecular flexibility index (Phi) is 6.67. The molecule has 7 heteroatoms. The van der Waals surface area contributed by atoms with Gasteiger partial charge in [-0.2, -0.15) is 0 Å². The van der Waals surface area contributed by atoms with Crippen LogP contribution in [0, 0.1) is 12.8 Å². The number of carbonyl (C=O) groups is 2. The van der Waals surface area contributed by atoms with Crippen molar-refractivity contribution in [2.24, 2.45) is 5.92 Å². The quantitative estimate of drug-likeness (QED) is 0.772. The molecule has 1 aliphatic rings. The molecule has 150 valence electrons. The van der Waals surface area contributed by atoms with E-state index in [1.807, 2.05) is 37.1 Å². The largest absolute Gasteiger partial charge is 0.487 e. The summed E-state index contributed by atoms with van der Waals surface area (Å²) in [6.45, 7) is 7.77. The minimum absolute atomic E-state index is 0.00663. The average molecular weight is 402 g/mol. The number of benzene rings is 1.